The zero-order chi connectivity index (χ0) is 13.1. The zero-order valence-corrected chi connectivity index (χ0v) is 12.0. The molecule has 0 radical (unpaired) electrons. The molecule has 0 saturated heterocycles. The monoisotopic (exact) mass is 279 g/mol. The SMILES string of the molecule is O=c1[nH]c(CSC2CCCCC2)nc2c1CCNC2. The Bertz CT molecular complexity index is 494. The maximum absolute atomic E-state index is 12.0. The summed E-state index contributed by atoms with van der Waals surface area (Å²) in [5, 5.41) is 4.04. The van der Waals surface area contributed by atoms with E-state index >= 15 is 0 Å². The topological polar surface area (TPSA) is 57.8 Å². The summed E-state index contributed by atoms with van der Waals surface area (Å²) < 4.78 is 0. The van der Waals surface area contributed by atoms with Gasteiger partial charge in [0.15, 0.2) is 0 Å². The number of thioether (sulfide) groups is 1. The number of fused-ring (bicyclic) bond motifs is 1. The van der Waals surface area contributed by atoms with E-state index in [0.717, 1.165) is 47.6 Å². The molecule has 0 atom stereocenters. The van der Waals surface area contributed by atoms with E-state index in [1.165, 1.54) is 32.1 Å². The molecule has 2 N–H and O–H groups in total. The third-order valence-corrected chi connectivity index (χ3v) is 5.39. The van der Waals surface area contributed by atoms with Crippen LogP contribution in [-0.2, 0) is 18.7 Å². The number of aromatic nitrogens is 2. The molecule has 104 valence electrons. The molecular weight excluding hydrogens is 258 g/mol. The Kier molecular flexibility index (Phi) is 4.23. The minimum atomic E-state index is 0.0748. The van der Waals surface area contributed by atoms with Crippen LogP contribution in [0, 0.1) is 0 Å². The van der Waals surface area contributed by atoms with Crippen molar-refractivity contribution in [3.05, 3.63) is 27.4 Å². The molecule has 0 aromatic carbocycles. The molecule has 0 bridgehead atoms. The molecule has 1 aromatic rings. The van der Waals surface area contributed by atoms with E-state index < -0.39 is 0 Å². The van der Waals surface area contributed by atoms with Crippen molar-refractivity contribution < 1.29 is 0 Å². The van der Waals surface area contributed by atoms with E-state index in [9.17, 15) is 4.79 Å². The second kappa shape index (κ2) is 6.09. The number of aromatic amines is 1. The molecule has 0 amide bonds. The molecule has 4 nitrogen and oxygen atoms in total. The van der Waals surface area contributed by atoms with Crippen LogP contribution >= 0.6 is 11.8 Å². The van der Waals surface area contributed by atoms with Crippen molar-refractivity contribution in [2.45, 2.75) is 56.1 Å². The van der Waals surface area contributed by atoms with Crippen LogP contribution in [0.4, 0.5) is 0 Å². The average Bonchev–Trinajstić information content (AvgIpc) is 2.46. The summed E-state index contributed by atoms with van der Waals surface area (Å²) in [5.41, 5.74) is 1.91. The molecule has 1 fully saturated rings. The zero-order valence-electron chi connectivity index (χ0n) is 11.2. The Morgan fingerprint density at radius 2 is 2.11 bits per heavy atom. The van der Waals surface area contributed by atoms with Crippen LogP contribution in [0.3, 0.4) is 0 Å². The number of H-pyrrole nitrogens is 1. The van der Waals surface area contributed by atoms with Crippen LogP contribution < -0.4 is 10.9 Å². The Labute approximate surface area is 117 Å². The van der Waals surface area contributed by atoms with Gasteiger partial charge in [0.25, 0.3) is 5.56 Å². The first kappa shape index (κ1) is 13.2. The number of hydrogen-bond donors (Lipinski definition) is 2. The van der Waals surface area contributed by atoms with Crippen molar-refractivity contribution in [3.8, 4) is 0 Å². The summed E-state index contributed by atoms with van der Waals surface area (Å²) in [4.78, 5) is 19.6. The standard InChI is InChI=1S/C14H21N3OS/c18-14-11-6-7-15-8-12(11)16-13(17-14)9-19-10-4-2-1-3-5-10/h10,15H,1-9H2,(H,16,17,18). The summed E-state index contributed by atoms with van der Waals surface area (Å²) in [7, 11) is 0. The van der Waals surface area contributed by atoms with Gasteiger partial charge in [-0.15, -0.1) is 0 Å². The molecule has 3 rings (SSSR count). The number of rotatable bonds is 3. The van der Waals surface area contributed by atoms with Gasteiger partial charge in [-0.05, 0) is 25.8 Å². The van der Waals surface area contributed by atoms with Crippen molar-refractivity contribution in [2.75, 3.05) is 6.54 Å². The molecule has 0 spiro atoms. The molecule has 1 aliphatic heterocycles. The Hall–Kier alpha value is -0.810. The van der Waals surface area contributed by atoms with E-state index in [0.29, 0.717) is 0 Å². The smallest absolute Gasteiger partial charge is 0.254 e. The number of nitrogens with one attached hydrogen (secondary N) is 2. The highest BCUT2D eigenvalue weighted by Crippen LogP contribution is 2.29. The van der Waals surface area contributed by atoms with Gasteiger partial charge in [-0.3, -0.25) is 4.79 Å². The molecule has 1 aliphatic carbocycles. The lowest BCUT2D eigenvalue weighted by Crippen LogP contribution is -2.31. The molecule has 19 heavy (non-hydrogen) atoms. The van der Waals surface area contributed by atoms with Gasteiger partial charge in [0.05, 0.1) is 11.4 Å². The quantitative estimate of drug-likeness (QED) is 0.888. The lowest BCUT2D eigenvalue weighted by molar-refractivity contribution is 0.516. The summed E-state index contributed by atoms with van der Waals surface area (Å²) >= 11 is 1.96. The van der Waals surface area contributed by atoms with Crippen molar-refractivity contribution >= 4 is 11.8 Å². The number of hydrogen-bond acceptors (Lipinski definition) is 4. The summed E-state index contributed by atoms with van der Waals surface area (Å²) in [6.07, 6.45) is 7.54. The van der Waals surface area contributed by atoms with Gasteiger partial charge in [-0.2, -0.15) is 11.8 Å². The molecule has 5 heteroatoms. The van der Waals surface area contributed by atoms with Gasteiger partial charge in [0.2, 0.25) is 0 Å². The van der Waals surface area contributed by atoms with Crippen LogP contribution in [0.5, 0.6) is 0 Å². The first-order valence-electron chi connectivity index (χ1n) is 7.26. The van der Waals surface area contributed by atoms with E-state index in [2.05, 4.69) is 15.3 Å². The highest BCUT2D eigenvalue weighted by atomic mass is 32.2. The van der Waals surface area contributed by atoms with Crippen LogP contribution in [0.2, 0.25) is 0 Å². The van der Waals surface area contributed by atoms with Gasteiger partial charge < -0.3 is 10.3 Å². The summed E-state index contributed by atoms with van der Waals surface area (Å²) in [6, 6.07) is 0. The van der Waals surface area contributed by atoms with Gasteiger partial charge >= 0.3 is 0 Å². The maximum atomic E-state index is 12.0. The highest BCUT2D eigenvalue weighted by Gasteiger charge is 2.17. The van der Waals surface area contributed by atoms with Crippen molar-refractivity contribution in [1.82, 2.24) is 15.3 Å². The van der Waals surface area contributed by atoms with E-state index in [-0.39, 0.29) is 5.56 Å². The average molecular weight is 279 g/mol. The van der Waals surface area contributed by atoms with E-state index in [4.69, 9.17) is 0 Å². The van der Waals surface area contributed by atoms with Crippen LogP contribution in [0.15, 0.2) is 4.79 Å². The van der Waals surface area contributed by atoms with Crippen molar-refractivity contribution in [2.24, 2.45) is 0 Å². The minimum absolute atomic E-state index is 0.0748. The van der Waals surface area contributed by atoms with E-state index in [1.54, 1.807) is 0 Å². The Morgan fingerprint density at radius 1 is 1.26 bits per heavy atom. The summed E-state index contributed by atoms with van der Waals surface area (Å²) in [5.74, 6) is 1.69. The fourth-order valence-corrected chi connectivity index (χ4v) is 4.11. The maximum Gasteiger partial charge on any atom is 0.254 e. The fraction of sp³-hybridized carbons (Fsp3) is 0.714. The lowest BCUT2D eigenvalue weighted by atomic mass is 10.0. The third kappa shape index (κ3) is 3.20. The summed E-state index contributed by atoms with van der Waals surface area (Å²) in [6.45, 7) is 1.62. The molecule has 2 heterocycles. The highest BCUT2D eigenvalue weighted by molar-refractivity contribution is 7.99. The largest absolute Gasteiger partial charge is 0.311 e. The predicted octanol–water partition coefficient (Wildman–Crippen LogP) is 1.98. The fourth-order valence-electron chi connectivity index (χ4n) is 2.92. The minimum Gasteiger partial charge on any atom is -0.311 e. The van der Waals surface area contributed by atoms with Gasteiger partial charge in [0.1, 0.15) is 5.82 Å². The molecule has 0 unspecified atom stereocenters. The lowest BCUT2D eigenvalue weighted by Gasteiger charge is -2.21. The molecule has 1 aromatic heterocycles. The first-order chi connectivity index (χ1) is 9.33. The van der Waals surface area contributed by atoms with Crippen LogP contribution in [-0.4, -0.2) is 21.8 Å². The van der Waals surface area contributed by atoms with Crippen molar-refractivity contribution in [3.63, 3.8) is 0 Å². The second-order valence-corrected chi connectivity index (χ2v) is 6.72. The third-order valence-electron chi connectivity index (χ3n) is 4.00. The van der Waals surface area contributed by atoms with Gasteiger partial charge in [0, 0.05) is 17.4 Å². The normalized spacial score (nSPS) is 20.2. The second-order valence-electron chi connectivity index (χ2n) is 5.44. The molecule has 1 saturated carbocycles. The van der Waals surface area contributed by atoms with Gasteiger partial charge in [-0.1, -0.05) is 19.3 Å². The van der Waals surface area contributed by atoms with Gasteiger partial charge in [-0.25, -0.2) is 4.98 Å². The Balaban J connectivity index is 1.67. The Morgan fingerprint density at radius 3 is 2.95 bits per heavy atom. The number of nitrogens with zero attached hydrogens (tertiary/aromatic N) is 1. The van der Waals surface area contributed by atoms with Crippen molar-refractivity contribution in [1.29, 1.82) is 0 Å². The predicted molar refractivity (Wildman–Crippen MR) is 78.4 cm³/mol. The molecule has 2 aliphatic rings. The molecular formula is C14H21N3OS. The van der Waals surface area contributed by atoms with Crippen LogP contribution in [0.1, 0.15) is 49.2 Å². The van der Waals surface area contributed by atoms with Crippen LogP contribution in [0.25, 0.3) is 0 Å². The first-order valence-corrected chi connectivity index (χ1v) is 8.31. The van der Waals surface area contributed by atoms with E-state index in [1.807, 2.05) is 11.8 Å².